The van der Waals surface area contributed by atoms with Crippen molar-refractivity contribution < 1.29 is 4.74 Å². The van der Waals surface area contributed by atoms with Crippen LogP contribution in [-0.2, 0) is 4.74 Å². The van der Waals surface area contributed by atoms with E-state index in [1.807, 2.05) is 14.0 Å². The van der Waals surface area contributed by atoms with E-state index in [-0.39, 0.29) is 0 Å². The van der Waals surface area contributed by atoms with Gasteiger partial charge in [-0.2, -0.15) is 0 Å². The molecule has 0 amide bonds. The second-order valence-electron chi connectivity index (χ2n) is 3.82. The van der Waals surface area contributed by atoms with Crippen molar-refractivity contribution in [1.82, 2.24) is 10.6 Å². The van der Waals surface area contributed by atoms with Gasteiger partial charge in [0.15, 0.2) is 5.96 Å². The molecular weight excluding hydrogens is 190 g/mol. The molecular formula is C11H23N3O. The van der Waals surface area contributed by atoms with Gasteiger partial charge in [0.2, 0.25) is 0 Å². The summed E-state index contributed by atoms with van der Waals surface area (Å²) < 4.78 is 5.27. The monoisotopic (exact) mass is 213 g/mol. The van der Waals surface area contributed by atoms with Gasteiger partial charge < -0.3 is 15.4 Å². The molecule has 0 aliphatic heterocycles. The Morgan fingerprint density at radius 2 is 2.20 bits per heavy atom. The van der Waals surface area contributed by atoms with Crippen LogP contribution < -0.4 is 10.6 Å². The number of rotatable bonds is 7. The molecule has 0 saturated heterocycles. The van der Waals surface area contributed by atoms with E-state index >= 15 is 0 Å². The Labute approximate surface area is 92.5 Å². The molecule has 2 N–H and O–H groups in total. The molecule has 1 aliphatic carbocycles. The zero-order valence-corrected chi connectivity index (χ0v) is 9.88. The Morgan fingerprint density at radius 3 is 2.80 bits per heavy atom. The highest BCUT2D eigenvalue weighted by atomic mass is 16.5. The van der Waals surface area contributed by atoms with E-state index in [2.05, 4.69) is 15.6 Å². The van der Waals surface area contributed by atoms with Gasteiger partial charge in [0.05, 0.1) is 0 Å². The molecule has 0 atom stereocenters. The van der Waals surface area contributed by atoms with Crippen LogP contribution in [0.5, 0.6) is 0 Å². The molecule has 0 aromatic rings. The zero-order chi connectivity index (χ0) is 10.9. The van der Waals surface area contributed by atoms with Crippen molar-refractivity contribution in [1.29, 1.82) is 0 Å². The number of unbranched alkanes of at least 4 members (excludes halogenated alkanes) is 1. The summed E-state index contributed by atoms with van der Waals surface area (Å²) in [5.41, 5.74) is 0. The van der Waals surface area contributed by atoms with Gasteiger partial charge in [-0.1, -0.05) is 0 Å². The first kappa shape index (κ1) is 12.3. The molecule has 1 rings (SSSR count). The summed E-state index contributed by atoms with van der Waals surface area (Å²) in [5, 5.41) is 6.65. The van der Waals surface area contributed by atoms with Crippen LogP contribution in [0, 0.1) is 0 Å². The highest BCUT2D eigenvalue weighted by Gasteiger charge is 2.21. The van der Waals surface area contributed by atoms with Crippen LogP contribution in [0.1, 0.15) is 32.6 Å². The molecule has 0 bridgehead atoms. The first-order valence-corrected chi connectivity index (χ1v) is 5.91. The number of aliphatic imine (C=N–C) groups is 1. The first-order valence-electron chi connectivity index (χ1n) is 5.91. The van der Waals surface area contributed by atoms with Crippen molar-refractivity contribution in [2.75, 3.05) is 26.8 Å². The van der Waals surface area contributed by atoms with Crippen molar-refractivity contribution in [3.63, 3.8) is 0 Å². The molecule has 4 nitrogen and oxygen atoms in total. The Hall–Kier alpha value is -0.770. The molecule has 0 aromatic carbocycles. The lowest BCUT2D eigenvalue weighted by Gasteiger charge is -2.10. The van der Waals surface area contributed by atoms with Crippen LogP contribution in [0.15, 0.2) is 4.99 Å². The van der Waals surface area contributed by atoms with E-state index in [0.717, 1.165) is 38.6 Å². The van der Waals surface area contributed by atoms with Crippen molar-refractivity contribution >= 4 is 5.96 Å². The molecule has 1 saturated carbocycles. The molecule has 4 heteroatoms. The lowest BCUT2D eigenvalue weighted by molar-refractivity contribution is 0.143. The van der Waals surface area contributed by atoms with Gasteiger partial charge in [-0.25, -0.2) is 0 Å². The van der Waals surface area contributed by atoms with Crippen LogP contribution in [0.2, 0.25) is 0 Å². The minimum Gasteiger partial charge on any atom is -0.382 e. The van der Waals surface area contributed by atoms with E-state index in [0.29, 0.717) is 6.04 Å². The highest BCUT2D eigenvalue weighted by molar-refractivity contribution is 5.80. The predicted octanol–water partition coefficient (Wildman–Crippen LogP) is 1.13. The molecule has 88 valence electrons. The maximum absolute atomic E-state index is 5.27. The maximum atomic E-state index is 5.27. The molecule has 0 spiro atoms. The largest absolute Gasteiger partial charge is 0.382 e. The number of nitrogens with zero attached hydrogens (tertiary/aromatic N) is 1. The van der Waals surface area contributed by atoms with Crippen LogP contribution in [0.4, 0.5) is 0 Å². The third-order valence-electron chi connectivity index (χ3n) is 2.35. The lowest BCUT2D eigenvalue weighted by atomic mass is 10.3. The molecule has 0 unspecified atom stereocenters. The second-order valence-corrected chi connectivity index (χ2v) is 3.82. The SMILES string of the molecule is CCOCCCCNC(=NC)NC1CC1. The quantitative estimate of drug-likeness (QED) is 0.378. The van der Waals surface area contributed by atoms with Gasteiger partial charge in [0, 0.05) is 32.8 Å². The van der Waals surface area contributed by atoms with Crippen LogP contribution >= 0.6 is 0 Å². The summed E-state index contributed by atoms with van der Waals surface area (Å²) in [4.78, 5) is 4.17. The Morgan fingerprint density at radius 1 is 1.40 bits per heavy atom. The average molecular weight is 213 g/mol. The predicted molar refractivity (Wildman–Crippen MR) is 63.2 cm³/mol. The second kappa shape index (κ2) is 7.51. The summed E-state index contributed by atoms with van der Waals surface area (Å²) in [6.45, 7) is 4.68. The lowest BCUT2D eigenvalue weighted by Crippen LogP contribution is -2.38. The number of hydrogen-bond acceptors (Lipinski definition) is 2. The summed E-state index contributed by atoms with van der Waals surface area (Å²) >= 11 is 0. The van der Waals surface area contributed by atoms with Gasteiger partial charge in [-0.15, -0.1) is 0 Å². The first-order chi connectivity index (χ1) is 7.36. The fourth-order valence-electron chi connectivity index (χ4n) is 1.30. The normalized spacial score (nSPS) is 16.5. The molecule has 1 aliphatic rings. The van der Waals surface area contributed by atoms with Crippen LogP contribution in [-0.4, -0.2) is 38.8 Å². The number of nitrogens with one attached hydrogen (secondary N) is 2. The van der Waals surface area contributed by atoms with Gasteiger partial charge in [-0.3, -0.25) is 4.99 Å². The highest BCUT2D eigenvalue weighted by Crippen LogP contribution is 2.18. The van der Waals surface area contributed by atoms with Crippen molar-refractivity contribution in [3.05, 3.63) is 0 Å². The summed E-state index contributed by atoms with van der Waals surface area (Å²) in [7, 11) is 1.82. The fourth-order valence-corrected chi connectivity index (χ4v) is 1.30. The fraction of sp³-hybridized carbons (Fsp3) is 0.909. The van der Waals surface area contributed by atoms with Crippen LogP contribution in [0.3, 0.4) is 0 Å². The van der Waals surface area contributed by atoms with Gasteiger partial charge in [0.1, 0.15) is 0 Å². The smallest absolute Gasteiger partial charge is 0.191 e. The van der Waals surface area contributed by atoms with Gasteiger partial charge in [-0.05, 0) is 32.6 Å². The van der Waals surface area contributed by atoms with Crippen molar-refractivity contribution in [2.45, 2.75) is 38.6 Å². The Bertz CT molecular complexity index is 190. The summed E-state index contributed by atoms with van der Waals surface area (Å²) in [5.74, 6) is 0.939. The number of hydrogen-bond donors (Lipinski definition) is 2. The average Bonchev–Trinajstić information content (AvgIpc) is 3.05. The van der Waals surface area contributed by atoms with Crippen LogP contribution in [0.25, 0.3) is 0 Å². The minimum atomic E-state index is 0.666. The van der Waals surface area contributed by atoms with Gasteiger partial charge >= 0.3 is 0 Å². The standard InChI is InChI=1S/C11H23N3O/c1-3-15-9-5-4-8-13-11(12-2)14-10-6-7-10/h10H,3-9H2,1-2H3,(H2,12,13,14). The van der Waals surface area contributed by atoms with E-state index in [1.165, 1.54) is 12.8 Å². The Kier molecular flexibility index (Phi) is 6.16. The molecule has 0 radical (unpaired) electrons. The third-order valence-corrected chi connectivity index (χ3v) is 2.35. The molecule has 15 heavy (non-hydrogen) atoms. The van der Waals surface area contributed by atoms with E-state index in [4.69, 9.17) is 4.74 Å². The maximum Gasteiger partial charge on any atom is 0.191 e. The summed E-state index contributed by atoms with van der Waals surface area (Å²) in [6.07, 6.45) is 4.81. The Balaban J connectivity index is 1.92. The van der Waals surface area contributed by atoms with E-state index < -0.39 is 0 Å². The van der Waals surface area contributed by atoms with E-state index in [1.54, 1.807) is 0 Å². The van der Waals surface area contributed by atoms with Gasteiger partial charge in [0.25, 0.3) is 0 Å². The van der Waals surface area contributed by atoms with Crippen molar-refractivity contribution in [3.8, 4) is 0 Å². The molecule has 0 aromatic heterocycles. The summed E-state index contributed by atoms with van der Waals surface area (Å²) in [6, 6.07) is 0.666. The van der Waals surface area contributed by atoms with E-state index in [9.17, 15) is 0 Å². The minimum absolute atomic E-state index is 0.666. The number of guanidine groups is 1. The molecule has 1 fully saturated rings. The molecule has 0 heterocycles. The van der Waals surface area contributed by atoms with Crippen molar-refractivity contribution in [2.24, 2.45) is 4.99 Å². The number of ether oxygens (including phenoxy) is 1. The third kappa shape index (κ3) is 6.33. The topological polar surface area (TPSA) is 45.6 Å². The zero-order valence-electron chi connectivity index (χ0n) is 9.88.